The topological polar surface area (TPSA) is 75.2 Å². The first kappa shape index (κ1) is 17.8. The summed E-state index contributed by atoms with van der Waals surface area (Å²) in [6, 6.07) is 0. The lowest BCUT2D eigenvalue weighted by molar-refractivity contribution is -0.135. The molecule has 0 bridgehead atoms. The van der Waals surface area contributed by atoms with E-state index in [4.69, 9.17) is 0 Å². The molecule has 1 aliphatic heterocycles. The number of carbonyl (C=O) groups excluding carboxylic acids is 2. The Balaban J connectivity index is 1.78. The lowest BCUT2D eigenvalue weighted by Crippen LogP contribution is -2.42. The van der Waals surface area contributed by atoms with Gasteiger partial charge in [-0.1, -0.05) is 39.0 Å². The third-order valence-corrected chi connectivity index (χ3v) is 5.11. The van der Waals surface area contributed by atoms with Crippen molar-refractivity contribution in [2.24, 2.45) is 11.8 Å². The van der Waals surface area contributed by atoms with Gasteiger partial charge in [-0.05, 0) is 18.3 Å². The summed E-state index contributed by atoms with van der Waals surface area (Å²) in [5, 5.41) is 12.1. The van der Waals surface area contributed by atoms with E-state index in [2.05, 4.69) is 29.4 Å². The third-order valence-electron chi connectivity index (χ3n) is 3.97. The highest BCUT2D eigenvalue weighted by atomic mass is 32.1. The van der Waals surface area contributed by atoms with Crippen molar-refractivity contribution in [3.05, 3.63) is 5.01 Å². The first-order valence-electron chi connectivity index (χ1n) is 8.26. The summed E-state index contributed by atoms with van der Waals surface area (Å²) in [5.41, 5.74) is 0. The zero-order valence-corrected chi connectivity index (χ0v) is 15.2. The largest absolute Gasteiger partial charge is 0.342 e. The molecule has 0 unspecified atom stereocenters. The van der Waals surface area contributed by atoms with Crippen molar-refractivity contribution in [3.63, 3.8) is 0 Å². The van der Waals surface area contributed by atoms with Crippen molar-refractivity contribution < 1.29 is 9.59 Å². The summed E-state index contributed by atoms with van der Waals surface area (Å²) in [6.07, 6.45) is 1.61. The molecule has 1 N–H and O–H groups in total. The standard InChI is InChI=1S/C16H26N4O2S/c1-10(2)15-18-19-16(23-15)17-13(21)5-6-14(22)20-8-11(3)7-12(4)9-20/h10-12H,5-9H2,1-4H3,(H,17,19,21)/t11-,12-/m0/s1. The minimum Gasteiger partial charge on any atom is -0.342 e. The maximum absolute atomic E-state index is 12.3. The summed E-state index contributed by atoms with van der Waals surface area (Å²) in [5.74, 6) is 1.25. The normalized spacial score (nSPS) is 21.5. The molecule has 128 valence electrons. The number of hydrogen-bond acceptors (Lipinski definition) is 5. The van der Waals surface area contributed by atoms with Crippen LogP contribution in [0, 0.1) is 11.8 Å². The SMILES string of the molecule is CC(C)c1nnc(NC(=O)CCC(=O)N2C[C@@H](C)C[C@H](C)C2)s1. The average molecular weight is 338 g/mol. The van der Waals surface area contributed by atoms with Crippen LogP contribution in [0.1, 0.15) is 57.9 Å². The van der Waals surface area contributed by atoms with Crippen LogP contribution in [0.3, 0.4) is 0 Å². The number of likely N-dealkylation sites (tertiary alicyclic amines) is 1. The molecule has 1 saturated heterocycles. The number of carbonyl (C=O) groups is 2. The number of amides is 2. The zero-order chi connectivity index (χ0) is 17.0. The molecule has 1 fully saturated rings. The summed E-state index contributed by atoms with van der Waals surface area (Å²) in [4.78, 5) is 26.1. The maximum atomic E-state index is 12.3. The van der Waals surface area contributed by atoms with Crippen LogP contribution < -0.4 is 5.32 Å². The van der Waals surface area contributed by atoms with E-state index < -0.39 is 0 Å². The Morgan fingerprint density at radius 2 is 1.87 bits per heavy atom. The maximum Gasteiger partial charge on any atom is 0.226 e. The van der Waals surface area contributed by atoms with Crippen molar-refractivity contribution in [3.8, 4) is 0 Å². The average Bonchev–Trinajstić information content (AvgIpc) is 2.92. The van der Waals surface area contributed by atoms with E-state index in [9.17, 15) is 9.59 Å². The number of anilines is 1. The second-order valence-electron chi connectivity index (χ2n) is 6.89. The highest BCUT2D eigenvalue weighted by Crippen LogP contribution is 2.23. The molecule has 1 aromatic rings. The summed E-state index contributed by atoms with van der Waals surface area (Å²) in [6.45, 7) is 10.0. The molecule has 0 spiro atoms. The van der Waals surface area contributed by atoms with Gasteiger partial charge in [0.1, 0.15) is 5.01 Å². The highest BCUT2D eigenvalue weighted by Gasteiger charge is 2.25. The Kier molecular flexibility index (Phi) is 6.10. The lowest BCUT2D eigenvalue weighted by atomic mass is 9.91. The van der Waals surface area contributed by atoms with Crippen LogP contribution in [-0.4, -0.2) is 40.0 Å². The van der Waals surface area contributed by atoms with Crippen molar-refractivity contribution in [1.29, 1.82) is 0 Å². The smallest absolute Gasteiger partial charge is 0.226 e. The number of piperidine rings is 1. The first-order valence-corrected chi connectivity index (χ1v) is 9.07. The van der Waals surface area contributed by atoms with Gasteiger partial charge in [0.05, 0.1) is 0 Å². The first-order chi connectivity index (χ1) is 10.8. The molecule has 2 heterocycles. The van der Waals surface area contributed by atoms with E-state index in [-0.39, 0.29) is 24.7 Å². The van der Waals surface area contributed by atoms with Gasteiger partial charge in [-0.25, -0.2) is 0 Å². The molecule has 0 aliphatic carbocycles. The molecular weight excluding hydrogens is 312 g/mol. The minimum atomic E-state index is -0.178. The van der Waals surface area contributed by atoms with Crippen LogP contribution in [0.4, 0.5) is 5.13 Å². The fourth-order valence-corrected chi connectivity index (χ4v) is 3.71. The Hall–Kier alpha value is -1.50. The molecule has 0 saturated carbocycles. The molecule has 7 heteroatoms. The van der Waals surface area contributed by atoms with Crippen molar-refractivity contribution in [1.82, 2.24) is 15.1 Å². The predicted molar refractivity (Wildman–Crippen MR) is 91.4 cm³/mol. The van der Waals surface area contributed by atoms with Gasteiger partial charge in [0, 0.05) is 31.8 Å². The van der Waals surface area contributed by atoms with Crippen molar-refractivity contribution >= 4 is 28.3 Å². The van der Waals surface area contributed by atoms with E-state index >= 15 is 0 Å². The Morgan fingerprint density at radius 1 is 1.22 bits per heavy atom. The van der Waals surface area contributed by atoms with E-state index in [1.165, 1.54) is 17.8 Å². The number of hydrogen-bond donors (Lipinski definition) is 1. The number of rotatable bonds is 5. The van der Waals surface area contributed by atoms with Crippen LogP contribution >= 0.6 is 11.3 Å². The zero-order valence-electron chi connectivity index (χ0n) is 14.3. The molecule has 23 heavy (non-hydrogen) atoms. The second-order valence-corrected chi connectivity index (χ2v) is 7.90. The van der Waals surface area contributed by atoms with Crippen molar-refractivity contribution in [2.45, 2.75) is 52.9 Å². The number of nitrogens with one attached hydrogen (secondary N) is 1. The predicted octanol–water partition coefficient (Wildman–Crippen LogP) is 2.88. The molecule has 0 aromatic carbocycles. The monoisotopic (exact) mass is 338 g/mol. The van der Waals surface area contributed by atoms with Gasteiger partial charge in [0.25, 0.3) is 0 Å². The van der Waals surface area contributed by atoms with Gasteiger partial charge in [0.2, 0.25) is 16.9 Å². The summed E-state index contributed by atoms with van der Waals surface area (Å²) < 4.78 is 0. The fourth-order valence-electron chi connectivity index (χ4n) is 2.95. The lowest BCUT2D eigenvalue weighted by Gasteiger charge is -2.35. The van der Waals surface area contributed by atoms with Crippen molar-refractivity contribution in [2.75, 3.05) is 18.4 Å². The quantitative estimate of drug-likeness (QED) is 0.896. The number of nitrogens with zero attached hydrogens (tertiary/aromatic N) is 3. The van der Waals surface area contributed by atoms with E-state index in [0.29, 0.717) is 22.9 Å². The van der Waals surface area contributed by atoms with Gasteiger partial charge in [-0.2, -0.15) is 0 Å². The third kappa shape index (κ3) is 5.27. The van der Waals surface area contributed by atoms with Crippen LogP contribution in [0.2, 0.25) is 0 Å². The second kappa shape index (κ2) is 7.86. The minimum absolute atomic E-state index is 0.0682. The molecular formula is C16H26N4O2S. The molecule has 0 radical (unpaired) electrons. The summed E-state index contributed by atoms with van der Waals surface area (Å²) in [7, 11) is 0. The molecule has 1 aliphatic rings. The molecule has 2 amide bonds. The van der Waals surface area contributed by atoms with Crippen LogP contribution in [-0.2, 0) is 9.59 Å². The van der Waals surface area contributed by atoms with E-state index in [1.54, 1.807) is 0 Å². The van der Waals surface area contributed by atoms with E-state index in [0.717, 1.165) is 18.1 Å². The van der Waals surface area contributed by atoms with E-state index in [1.807, 2.05) is 18.7 Å². The van der Waals surface area contributed by atoms with Gasteiger partial charge in [-0.15, -0.1) is 10.2 Å². The van der Waals surface area contributed by atoms with Gasteiger partial charge in [-0.3, -0.25) is 9.59 Å². The summed E-state index contributed by atoms with van der Waals surface area (Å²) >= 11 is 1.38. The van der Waals surface area contributed by atoms with Gasteiger partial charge < -0.3 is 10.2 Å². The molecule has 2 rings (SSSR count). The Labute approximate surface area is 141 Å². The molecule has 6 nitrogen and oxygen atoms in total. The number of aromatic nitrogens is 2. The van der Waals surface area contributed by atoms with Crippen LogP contribution in [0.25, 0.3) is 0 Å². The Bertz CT molecular complexity index is 548. The van der Waals surface area contributed by atoms with Gasteiger partial charge >= 0.3 is 0 Å². The molecule has 1 aromatic heterocycles. The van der Waals surface area contributed by atoms with Crippen LogP contribution in [0.5, 0.6) is 0 Å². The van der Waals surface area contributed by atoms with Crippen LogP contribution in [0.15, 0.2) is 0 Å². The fraction of sp³-hybridized carbons (Fsp3) is 0.750. The van der Waals surface area contributed by atoms with Gasteiger partial charge in [0.15, 0.2) is 0 Å². The molecule has 2 atom stereocenters. The Morgan fingerprint density at radius 3 is 2.43 bits per heavy atom. The highest BCUT2D eigenvalue weighted by molar-refractivity contribution is 7.15.